The molecule has 2 aliphatic rings. The van der Waals surface area contributed by atoms with Crippen molar-refractivity contribution in [3.8, 4) is 0 Å². The van der Waals surface area contributed by atoms with E-state index in [4.69, 9.17) is 9.05 Å². The molecule has 0 spiro atoms. The van der Waals surface area contributed by atoms with Gasteiger partial charge in [0.1, 0.15) is 0 Å². The van der Waals surface area contributed by atoms with Crippen LogP contribution in [0.25, 0.3) is 0 Å². The van der Waals surface area contributed by atoms with Gasteiger partial charge in [0.2, 0.25) is 5.72 Å². The summed E-state index contributed by atoms with van der Waals surface area (Å²) >= 11 is 0. The average molecular weight is 433 g/mol. The molecule has 0 aromatic carbocycles. The van der Waals surface area contributed by atoms with Gasteiger partial charge < -0.3 is 4.89 Å². The molecular formula is C23H47NO4P+. The minimum atomic E-state index is -3.90. The molecule has 0 amide bonds. The van der Waals surface area contributed by atoms with E-state index >= 15 is 0 Å². The van der Waals surface area contributed by atoms with Gasteiger partial charge >= 0.3 is 7.82 Å². The number of phosphoric acid groups is 1. The molecule has 0 saturated carbocycles. The van der Waals surface area contributed by atoms with Crippen molar-refractivity contribution < 1.29 is 23.0 Å². The zero-order chi connectivity index (χ0) is 21.2. The zero-order valence-corrected chi connectivity index (χ0v) is 20.3. The van der Waals surface area contributed by atoms with Crippen LogP contribution in [0.5, 0.6) is 0 Å². The van der Waals surface area contributed by atoms with Gasteiger partial charge in [-0.15, -0.1) is 0 Å². The van der Waals surface area contributed by atoms with Crippen molar-refractivity contribution in [2.75, 3.05) is 20.6 Å². The van der Waals surface area contributed by atoms with Gasteiger partial charge in [0.25, 0.3) is 0 Å². The van der Waals surface area contributed by atoms with Crippen LogP contribution in [-0.2, 0) is 13.6 Å². The summed E-state index contributed by atoms with van der Waals surface area (Å²) < 4.78 is 23.9. The molecule has 3 atom stereocenters. The SMILES string of the molecule is CCCCCCCCCCCCCCCCC12OP(=O)(O)OC1CCC[N+]2(C)C. The van der Waals surface area contributed by atoms with Crippen molar-refractivity contribution in [3.63, 3.8) is 0 Å². The van der Waals surface area contributed by atoms with Crippen LogP contribution in [0, 0.1) is 0 Å². The Morgan fingerprint density at radius 3 is 1.90 bits per heavy atom. The van der Waals surface area contributed by atoms with Crippen molar-refractivity contribution >= 4 is 7.82 Å². The Balaban J connectivity index is 1.54. The van der Waals surface area contributed by atoms with Crippen LogP contribution in [0.1, 0.15) is 116 Å². The second kappa shape index (κ2) is 12.2. The first kappa shape index (κ1) is 25.3. The van der Waals surface area contributed by atoms with Crippen molar-refractivity contribution in [2.45, 2.75) is 128 Å². The number of phosphoric ester groups is 1. The van der Waals surface area contributed by atoms with Crippen molar-refractivity contribution in [1.82, 2.24) is 0 Å². The number of hydrogen-bond acceptors (Lipinski definition) is 3. The van der Waals surface area contributed by atoms with Gasteiger partial charge in [-0.05, 0) is 19.3 Å². The lowest BCUT2D eigenvalue weighted by Gasteiger charge is -2.49. The smallest absolute Gasteiger partial charge is 0.302 e. The number of rotatable bonds is 15. The predicted octanol–water partition coefficient (Wildman–Crippen LogP) is 6.94. The van der Waals surface area contributed by atoms with Crippen molar-refractivity contribution in [2.24, 2.45) is 0 Å². The normalized spacial score (nSPS) is 31.1. The van der Waals surface area contributed by atoms with Crippen LogP contribution in [0.4, 0.5) is 0 Å². The molecule has 0 bridgehead atoms. The number of nitrogens with zero attached hydrogens (tertiary/aromatic N) is 1. The molecule has 0 aliphatic carbocycles. The third-order valence-corrected chi connectivity index (χ3v) is 8.20. The molecule has 0 aromatic rings. The lowest BCUT2D eigenvalue weighted by molar-refractivity contribution is -0.970. The monoisotopic (exact) mass is 432 g/mol. The number of piperidine rings is 1. The second-order valence-corrected chi connectivity index (χ2v) is 11.2. The Kier molecular flexibility index (Phi) is 10.7. The maximum atomic E-state index is 12.1. The zero-order valence-electron chi connectivity index (χ0n) is 19.4. The fourth-order valence-corrected chi connectivity index (χ4v) is 6.71. The molecule has 2 heterocycles. The summed E-state index contributed by atoms with van der Waals surface area (Å²) in [6.45, 7) is 3.25. The second-order valence-electron chi connectivity index (χ2n) is 9.90. The Morgan fingerprint density at radius 1 is 0.897 bits per heavy atom. The molecule has 3 unspecified atom stereocenters. The van der Waals surface area contributed by atoms with E-state index in [0.29, 0.717) is 4.48 Å². The van der Waals surface area contributed by atoms with Crippen LogP contribution in [0.3, 0.4) is 0 Å². The van der Waals surface area contributed by atoms with Gasteiger partial charge in [-0.3, -0.25) is 9.01 Å². The summed E-state index contributed by atoms with van der Waals surface area (Å²) in [5, 5.41) is 0. The number of fused-ring (bicyclic) bond motifs is 1. The van der Waals surface area contributed by atoms with E-state index in [1.165, 1.54) is 83.5 Å². The van der Waals surface area contributed by atoms with Crippen molar-refractivity contribution in [1.29, 1.82) is 0 Å². The van der Waals surface area contributed by atoms with Gasteiger partial charge in [-0.2, -0.15) is 0 Å². The third kappa shape index (κ3) is 7.61. The minimum absolute atomic E-state index is 0.246. The van der Waals surface area contributed by atoms with E-state index in [1.54, 1.807) is 0 Å². The lowest BCUT2D eigenvalue weighted by atomic mass is 9.88. The minimum Gasteiger partial charge on any atom is -0.302 e. The molecule has 2 saturated heterocycles. The van der Waals surface area contributed by atoms with Crippen LogP contribution >= 0.6 is 7.82 Å². The Hall–Kier alpha value is 0.0700. The fraction of sp³-hybridized carbons (Fsp3) is 1.00. The van der Waals surface area contributed by atoms with Gasteiger partial charge in [0.05, 0.1) is 20.6 Å². The van der Waals surface area contributed by atoms with Gasteiger partial charge in [-0.1, -0.05) is 90.4 Å². The Bertz CT molecular complexity index is 513. The molecule has 0 radical (unpaired) electrons. The van der Waals surface area contributed by atoms with E-state index < -0.39 is 13.5 Å². The highest BCUT2D eigenvalue weighted by Crippen LogP contribution is 2.62. The van der Waals surface area contributed by atoms with Crippen LogP contribution in [-0.4, -0.2) is 41.8 Å². The maximum absolute atomic E-state index is 12.1. The van der Waals surface area contributed by atoms with Crippen LogP contribution in [0.15, 0.2) is 0 Å². The van der Waals surface area contributed by atoms with Gasteiger partial charge in [-0.25, -0.2) is 9.09 Å². The first-order chi connectivity index (χ1) is 13.8. The summed E-state index contributed by atoms with van der Waals surface area (Å²) in [5.74, 6) is 0. The molecule has 2 rings (SSSR count). The number of likely N-dealkylation sites (tertiary alicyclic amines) is 1. The summed E-state index contributed by atoms with van der Waals surface area (Å²) in [6, 6.07) is 0. The fourth-order valence-electron chi connectivity index (χ4n) is 5.25. The topological polar surface area (TPSA) is 55.8 Å². The molecule has 1 N–H and O–H groups in total. The first-order valence-electron chi connectivity index (χ1n) is 12.4. The van der Waals surface area contributed by atoms with Gasteiger partial charge in [0.15, 0.2) is 6.10 Å². The Labute approximate surface area is 179 Å². The summed E-state index contributed by atoms with van der Waals surface area (Å²) in [7, 11) is 0.334. The molecule has 2 aliphatic heterocycles. The highest BCUT2D eigenvalue weighted by Gasteiger charge is 2.65. The maximum Gasteiger partial charge on any atom is 0.477 e. The average Bonchev–Trinajstić information content (AvgIpc) is 2.93. The van der Waals surface area contributed by atoms with Crippen molar-refractivity contribution in [3.05, 3.63) is 0 Å². The molecule has 6 heteroatoms. The Morgan fingerprint density at radius 2 is 1.38 bits per heavy atom. The summed E-state index contributed by atoms with van der Waals surface area (Å²) in [6.07, 6.45) is 21.1. The summed E-state index contributed by atoms with van der Waals surface area (Å²) in [4.78, 5) is 9.94. The van der Waals surface area contributed by atoms with E-state index in [-0.39, 0.29) is 6.10 Å². The lowest BCUT2D eigenvalue weighted by Crippen LogP contribution is -2.67. The number of unbranched alkanes of at least 4 members (excludes halogenated alkanes) is 13. The number of hydrogen-bond donors (Lipinski definition) is 1. The highest BCUT2D eigenvalue weighted by molar-refractivity contribution is 7.47. The number of likely N-dealkylation sites (N-methyl/N-ethyl adjacent to an activating group) is 1. The van der Waals surface area contributed by atoms with Gasteiger partial charge in [0, 0.05) is 6.42 Å². The van der Waals surface area contributed by atoms with E-state index in [0.717, 1.165) is 32.2 Å². The van der Waals surface area contributed by atoms with E-state index in [2.05, 4.69) is 21.0 Å². The predicted molar refractivity (Wildman–Crippen MR) is 120 cm³/mol. The van der Waals surface area contributed by atoms with Crippen LogP contribution < -0.4 is 0 Å². The standard InChI is InChI=1S/C23H46NO4P/c1-4-5-6-7-8-9-10-11-12-13-14-15-16-17-20-23-22(27-29(25,26)28-23)19-18-21-24(23,2)3/h22H,4-21H2,1-3H3/p+1. The third-order valence-electron chi connectivity index (χ3n) is 7.13. The first-order valence-corrected chi connectivity index (χ1v) is 13.9. The quantitative estimate of drug-likeness (QED) is 0.173. The molecular weight excluding hydrogens is 385 g/mol. The molecule has 0 aromatic heterocycles. The molecule has 2 fully saturated rings. The highest BCUT2D eigenvalue weighted by atomic mass is 31.2. The molecule has 29 heavy (non-hydrogen) atoms. The van der Waals surface area contributed by atoms with Crippen LogP contribution in [0.2, 0.25) is 0 Å². The molecule has 172 valence electrons. The number of quaternary nitrogens is 1. The molecule has 5 nitrogen and oxygen atoms in total. The largest absolute Gasteiger partial charge is 0.477 e. The van der Waals surface area contributed by atoms with E-state index in [1.807, 2.05) is 0 Å². The van der Waals surface area contributed by atoms with E-state index in [9.17, 15) is 9.46 Å². The summed E-state index contributed by atoms with van der Waals surface area (Å²) in [5.41, 5.74) is -0.639.